The molecule has 0 atom stereocenters. The van der Waals surface area contributed by atoms with E-state index in [0.717, 1.165) is 35.1 Å². The van der Waals surface area contributed by atoms with Crippen molar-refractivity contribution in [1.29, 1.82) is 0 Å². The minimum Gasteiger partial charge on any atom is -0.489 e. The van der Waals surface area contributed by atoms with E-state index in [-0.39, 0.29) is 6.09 Å². The standard InChI is InChI=1S/C20H21NO3/c1-2-3-13-23-20(22)21-12-11-17-9-10-18(14-19(17)21)24-15-16-7-5-4-6-8-16/h4-12,14H,2-3,13,15H2,1H3. The van der Waals surface area contributed by atoms with Gasteiger partial charge in [0.15, 0.2) is 0 Å². The number of aromatic nitrogens is 1. The molecule has 1 heterocycles. The Labute approximate surface area is 141 Å². The maximum Gasteiger partial charge on any atom is 0.418 e. The fraction of sp³-hybridized carbons (Fsp3) is 0.250. The SMILES string of the molecule is CCCCOC(=O)n1ccc2ccc(OCc3ccccc3)cc21. The molecular weight excluding hydrogens is 302 g/mol. The normalized spacial score (nSPS) is 10.7. The molecule has 3 aromatic rings. The zero-order chi connectivity index (χ0) is 16.8. The van der Waals surface area contributed by atoms with E-state index in [1.54, 1.807) is 6.20 Å². The second-order valence-corrected chi connectivity index (χ2v) is 5.65. The summed E-state index contributed by atoms with van der Waals surface area (Å²) in [4.78, 5) is 12.2. The molecule has 4 heteroatoms. The minimum atomic E-state index is -0.348. The molecular formula is C20H21NO3. The molecule has 0 radical (unpaired) electrons. The number of rotatable bonds is 6. The van der Waals surface area contributed by atoms with Gasteiger partial charge < -0.3 is 9.47 Å². The second-order valence-electron chi connectivity index (χ2n) is 5.65. The molecule has 0 amide bonds. The van der Waals surface area contributed by atoms with E-state index in [0.29, 0.717) is 13.2 Å². The van der Waals surface area contributed by atoms with Crippen molar-refractivity contribution in [3.05, 3.63) is 66.4 Å². The topological polar surface area (TPSA) is 40.5 Å². The van der Waals surface area contributed by atoms with E-state index < -0.39 is 0 Å². The number of hydrogen-bond donors (Lipinski definition) is 0. The van der Waals surface area contributed by atoms with Crippen LogP contribution in [0, 0.1) is 0 Å². The van der Waals surface area contributed by atoms with Crippen molar-refractivity contribution >= 4 is 17.0 Å². The van der Waals surface area contributed by atoms with Crippen molar-refractivity contribution in [1.82, 2.24) is 4.57 Å². The molecule has 0 aliphatic heterocycles. The van der Waals surface area contributed by atoms with E-state index >= 15 is 0 Å². The van der Waals surface area contributed by atoms with Crippen molar-refractivity contribution in [2.24, 2.45) is 0 Å². The van der Waals surface area contributed by atoms with Crippen LogP contribution in [0.4, 0.5) is 4.79 Å². The van der Waals surface area contributed by atoms with Crippen LogP contribution in [0.5, 0.6) is 5.75 Å². The van der Waals surface area contributed by atoms with Crippen LogP contribution in [-0.4, -0.2) is 17.3 Å². The third-order valence-electron chi connectivity index (χ3n) is 3.83. The highest BCUT2D eigenvalue weighted by Crippen LogP contribution is 2.23. The van der Waals surface area contributed by atoms with Crippen molar-refractivity contribution in [2.45, 2.75) is 26.4 Å². The summed E-state index contributed by atoms with van der Waals surface area (Å²) in [5.74, 6) is 0.729. The van der Waals surface area contributed by atoms with Gasteiger partial charge in [-0.2, -0.15) is 0 Å². The van der Waals surface area contributed by atoms with E-state index in [9.17, 15) is 4.79 Å². The fourth-order valence-corrected chi connectivity index (χ4v) is 2.47. The summed E-state index contributed by atoms with van der Waals surface area (Å²) in [6, 6.07) is 17.6. The number of benzene rings is 2. The Bertz CT molecular complexity index is 808. The molecule has 0 saturated heterocycles. The Morgan fingerprint density at radius 3 is 2.71 bits per heavy atom. The molecule has 24 heavy (non-hydrogen) atoms. The van der Waals surface area contributed by atoms with Gasteiger partial charge >= 0.3 is 6.09 Å². The average molecular weight is 323 g/mol. The Hall–Kier alpha value is -2.75. The molecule has 124 valence electrons. The van der Waals surface area contributed by atoms with Gasteiger partial charge in [-0.15, -0.1) is 0 Å². The Morgan fingerprint density at radius 1 is 1.08 bits per heavy atom. The lowest BCUT2D eigenvalue weighted by atomic mass is 10.2. The predicted octanol–water partition coefficient (Wildman–Crippen LogP) is 5.01. The molecule has 2 aromatic carbocycles. The molecule has 0 aliphatic rings. The van der Waals surface area contributed by atoms with Crippen molar-refractivity contribution in [3.63, 3.8) is 0 Å². The lowest BCUT2D eigenvalue weighted by Gasteiger charge is -2.09. The van der Waals surface area contributed by atoms with Crippen LogP contribution in [0.2, 0.25) is 0 Å². The van der Waals surface area contributed by atoms with Crippen molar-refractivity contribution < 1.29 is 14.3 Å². The molecule has 0 N–H and O–H groups in total. The molecule has 0 saturated carbocycles. The summed E-state index contributed by atoms with van der Waals surface area (Å²) < 4.78 is 12.7. The first-order chi connectivity index (χ1) is 11.8. The zero-order valence-electron chi connectivity index (χ0n) is 13.8. The average Bonchev–Trinajstić information content (AvgIpc) is 3.04. The smallest absolute Gasteiger partial charge is 0.418 e. The molecule has 0 bridgehead atoms. The number of unbranched alkanes of at least 4 members (excludes halogenated alkanes) is 1. The van der Waals surface area contributed by atoms with E-state index in [4.69, 9.17) is 9.47 Å². The highest BCUT2D eigenvalue weighted by molar-refractivity contribution is 5.90. The van der Waals surface area contributed by atoms with E-state index in [2.05, 4.69) is 6.92 Å². The molecule has 0 aliphatic carbocycles. The maximum atomic E-state index is 12.2. The third-order valence-corrected chi connectivity index (χ3v) is 3.83. The van der Waals surface area contributed by atoms with Gasteiger partial charge in [0.2, 0.25) is 0 Å². The first-order valence-electron chi connectivity index (χ1n) is 8.23. The second kappa shape index (κ2) is 7.68. The first kappa shape index (κ1) is 16.1. The van der Waals surface area contributed by atoms with Crippen LogP contribution < -0.4 is 4.74 Å². The van der Waals surface area contributed by atoms with E-state index in [1.807, 2.05) is 54.6 Å². The number of nitrogens with zero attached hydrogens (tertiary/aromatic N) is 1. The van der Waals surface area contributed by atoms with Gasteiger partial charge in [0, 0.05) is 17.6 Å². The molecule has 0 spiro atoms. The summed E-state index contributed by atoms with van der Waals surface area (Å²) in [7, 11) is 0. The Kier molecular flexibility index (Phi) is 5.16. The summed E-state index contributed by atoms with van der Waals surface area (Å²) >= 11 is 0. The lowest BCUT2D eigenvalue weighted by Crippen LogP contribution is -2.13. The highest BCUT2D eigenvalue weighted by atomic mass is 16.5. The van der Waals surface area contributed by atoms with Gasteiger partial charge in [-0.1, -0.05) is 43.7 Å². The summed E-state index contributed by atoms with van der Waals surface area (Å²) in [5.41, 5.74) is 1.90. The number of carbonyl (C=O) groups is 1. The van der Waals surface area contributed by atoms with Crippen molar-refractivity contribution in [3.8, 4) is 5.75 Å². The molecule has 4 nitrogen and oxygen atoms in total. The third kappa shape index (κ3) is 3.77. The van der Waals surface area contributed by atoms with Crippen LogP contribution in [0.1, 0.15) is 25.3 Å². The van der Waals surface area contributed by atoms with Gasteiger partial charge in [0.25, 0.3) is 0 Å². The van der Waals surface area contributed by atoms with Gasteiger partial charge in [-0.05, 0) is 30.2 Å². The predicted molar refractivity (Wildman–Crippen MR) is 94.4 cm³/mol. The van der Waals surface area contributed by atoms with Crippen LogP contribution in [0.15, 0.2) is 60.8 Å². The molecule has 0 fully saturated rings. The van der Waals surface area contributed by atoms with Gasteiger partial charge in [-0.3, -0.25) is 4.57 Å². The van der Waals surface area contributed by atoms with Gasteiger partial charge in [0.05, 0.1) is 12.1 Å². The molecule has 0 unspecified atom stereocenters. The quantitative estimate of drug-likeness (QED) is 0.599. The number of ether oxygens (including phenoxy) is 2. The molecule has 3 rings (SSSR count). The van der Waals surface area contributed by atoms with Crippen LogP contribution in [0.3, 0.4) is 0 Å². The highest BCUT2D eigenvalue weighted by Gasteiger charge is 2.11. The number of carbonyl (C=O) groups excluding carboxylic acids is 1. The van der Waals surface area contributed by atoms with Crippen LogP contribution in [0.25, 0.3) is 10.9 Å². The summed E-state index contributed by atoms with van der Waals surface area (Å²) in [6.07, 6.45) is 3.26. The Morgan fingerprint density at radius 2 is 1.92 bits per heavy atom. The Balaban J connectivity index is 1.74. The summed E-state index contributed by atoms with van der Waals surface area (Å²) in [6.45, 7) is 3.00. The largest absolute Gasteiger partial charge is 0.489 e. The minimum absolute atomic E-state index is 0.348. The summed E-state index contributed by atoms with van der Waals surface area (Å²) in [5, 5.41) is 0.981. The number of hydrogen-bond acceptors (Lipinski definition) is 3. The lowest BCUT2D eigenvalue weighted by molar-refractivity contribution is 0.147. The fourth-order valence-electron chi connectivity index (χ4n) is 2.47. The zero-order valence-corrected chi connectivity index (χ0v) is 13.8. The molecule has 1 aromatic heterocycles. The van der Waals surface area contributed by atoms with Crippen LogP contribution in [-0.2, 0) is 11.3 Å². The first-order valence-corrected chi connectivity index (χ1v) is 8.23. The van der Waals surface area contributed by atoms with Gasteiger partial charge in [0.1, 0.15) is 12.4 Å². The van der Waals surface area contributed by atoms with Crippen molar-refractivity contribution in [2.75, 3.05) is 6.61 Å². The van der Waals surface area contributed by atoms with Gasteiger partial charge in [-0.25, -0.2) is 4.79 Å². The monoisotopic (exact) mass is 323 g/mol. The van der Waals surface area contributed by atoms with E-state index in [1.165, 1.54) is 4.57 Å². The number of fused-ring (bicyclic) bond motifs is 1. The van der Waals surface area contributed by atoms with Crippen LogP contribution >= 0.6 is 0 Å². The maximum absolute atomic E-state index is 12.2.